The van der Waals surface area contributed by atoms with Crippen molar-refractivity contribution in [3.05, 3.63) is 24.2 Å². The van der Waals surface area contributed by atoms with Gasteiger partial charge in [-0.15, -0.1) is 24.0 Å². The van der Waals surface area contributed by atoms with Crippen LogP contribution in [0.3, 0.4) is 0 Å². The summed E-state index contributed by atoms with van der Waals surface area (Å²) in [6.07, 6.45) is 8.18. The maximum absolute atomic E-state index is 5.65. The molecule has 5 nitrogen and oxygen atoms in total. The van der Waals surface area contributed by atoms with Gasteiger partial charge < -0.3 is 15.1 Å². The summed E-state index contributed by atoms with van der Waals surface area (Å²) in [6, 6.07) is 4.94. The summed E-state index contributed by atoms with van der Waals surface area (Å²) in [4.78, 5) is 6.84. The molecule has 0 amide bonds. The average molecular weight is 418 g/mol. The number of likely N-dealkylation sites (tertiary alicyclic amines) is 1. The zero-order valence-corrected chi connectivity index (χ0v) is 15.6. The van der Waals surface area contributed by atoms with Crippen molar-refractivity contribution in [3.63, 3.8) is 0 Å². The Hall–Kier alpha value is -0.760. The Balaban J connectivity index is 0.00000176. The summed E-state index contributed by atoms with van der Waals surface area (Å²) < 4.78 is 5.65. The van der Waals surface area contributed by atoms with Crippen molar-refractivity contribution in [3.8, 4) is 0 Å². The minimum Gasteiger partial charge on any atom is -0.468 e. The first-order valence-corrected chi connectivity index (χ1v) is 8.11. The van der Waals surface area contributed by atoms with Crippen LogP contribution in [0.5, 0.6) is 0 Å². The van der Waals surface area contributed by atoms with Gasteiger partial charge in [0, 0.05) is 19.6 Å². The van der Waals surface area contributed by atoms with E-state index >= 15 is 0 Å². The van der Waals surface area contributed by atoms with Crippen LogP contribution in [0.1, 0.15) is 43.9 Å². The van der Waals surface area contributed by atoms with E-state index in [0.29, 0.717) is 12.1 Å². The van der Waals surface area contributed by atoms with Crippen molar-refractivity contribution in [1.82, 2.24) is 15.5 Å². The summed E-state index contributed by atoms with van der Waals surface area (Å²) in [6.45, 7) is 3.14. The molecule has 1 aromatic rings. The predicted octanol–water partition coefficient (Wildman–Crippen LogP) is 2.75. The Morgan fingerprint density at radius 2 is 2.14 bits per heavy atom. The summed E-state index contributed by atoms with van der Waals surface area (Å²) in [7, 11) is 1.84. The molecule has 1 aromatic heterocycles. The van der Waals surface area contributed by atoms with Gasteiger partial charge in [-0.25, -0.2) is 0 Å². The van der Waals surface area contributed by atoms with Gasteiger partial charge in [0.1, 0.15) is 5.76 Å². The smallest absolute Gasteiger partial charge is 0.191 e. The maximum atomic E-state index is 5.65. The van der Waals surface area contributed by atoms with Gasteiger partial charge in [-0.05, 0) is 57.3 Å². The molecule has 1 saturated carbocycles. The highest BCUT2D eigenvalue weighted by atomic mass is 127. The van der Waals surface area contributed by atoms with Crippen molar-refractivity contribution in [2.75, 3.05) is 26.7 Å². The van der Waals surface area contributed by atoms with Crippen molar-refractivity contribution in [2.24, 2.45) is 4.99 Å². The second-order valence-corrected chi connectivity index (χ2v) is 6.00. The molecular formula is C16H27IN4O. The van der Waals surface area contributed by atoms with Crippen LogP contribution in [0.4, 0.5) is 0 Å². The van der Waals surface area contributed by atoms with Gasteiger partial charge in [0.15, 0.2) is 5.96 Å². The number of hydrogen-bond donors (Lipinski definition) is 2. The molecule has 2 aliphatic rings. The molecule has 2 fully saturated rings. The molecule has 1 aliphatic carbocycles. The fourth-order valence-electron chi connectivity index (χ4n) is 3.08. The van der Waals surface area contributed by atoms with Gasteiger partial charge in [-0.1, -0.05) is 0 Å². The molecule has 3 rings (SSSR count). The van der Waals surface area contributed by atoms with Crippen molar-refractivity contribution in [1.29, 1.82) is 0 Å². The van der Waals surface area contributed by atoms with Gasteiger partial charge in [-0.3, -0.25) is 9.89 Å². The lowest BCUT2D eigenvalue weighted by Gasteiger charge is -2.30. The second-order valence-electron chi connectivity index (χ2n) is 6.00. The lowest BCUT2D eigenvalue weighted by Crippen LogP contribution is -2.48. The number of guanidine groups is 1. The van der Waals surface area contributed by atoms with Gasteiger partial charge in [-0.2, -0.15) is 0 Å². The van der Waals surface area contributed by atoms with E-state index in [9.17, 15) is 0 Å². The Bertz CT molecular complexity index is 453. The van der Waals surface area contributed by atoms with Crippen LogP contribution in [0.25, 0.3) is 0 Å². The van der Waals surface area contributed by atoms with Crippen LogP contribution in [0.15, 0.2) is 27.8 Å². The summed E-state index contributed by atoms with van der Waals surface area (Å²) in [5.74, 6) is 1.96. The Morgan fingerprint density at radius 3 is 2.68 bits per heavy atom. The van der Waals surface area contributed by atoms with Gasteiger partial charge >= 0.3 is 0 Å². The monoisotopic (exact) mass is 418 g/mol. The normalized spacial score (nSPS) is 21.0. The average Bonchev–Trinajstić information content (AvgIpc) is 3.13. The zero-order chi connectivity index (χ0) is 14.5. The third kappa shape index (κ3) is 4.38. The minimum atomic E-state index is 0. The van der Waals surface area contributed by atoms with Crippen LogP contribution in [-0.2, 0) is 0 Å². The molecule has 1 unspecified atom stereocenters. The van der Waals surface area contributed by atoms with Crippen LogP contribution < -0.4 is 10.6 Å². The molecule has 0 aromatic carbocycles. The second kappa shape index (κ2) is 8.76. The van der Waals surface area contributed by atoms with Crippen LogP contribution >= 0.6 is 24.0 Å². The molecule has 1 aliphatic heterocycles. The van der Waals surface area contributed by atoms with E-state index in [1.807, 2.05) is 13.1 Å². The zero-order valence-electron chi connectivity index (χ0n) is 13.3. The predicted molar refractivity (Wildman–Crippen MR) is 99.8 cm³/mol. The minimum absolute atomic E-state index is 0. The van der Waals surface area contributed by atoms with E-state index in [4.69, 9.17) is 4.42 Å². The van der Waals surface area contributed by atoms with E-state index < -0.39 is 0 Å². The van der Waals surface area contributed by atoms with Gasteiger partial charge in [0.25, 0.3) is 0 Å². The highest BCUT2D eigenvalue weighted by molar-refractivity contribution is 14.0. The molecule has 22 heavy (non-hydrogen) atoms. The highest BCUT2D eigenvalue weighted by Gasteiger charge is 2.26. The molecule has 2 heterocycles. The quantitative estimate of drug-likeness (QED) is 0.439. The number of halogens is 1. The summed E-state index contributed by atoms with van der Waals surface area (Å²) in [5, 5.41) is 6.96. The van der Waals surface area contributed by atoms with E-state index in [-0.39, 0.29) is 24.0 Å². The molecule has 0 radical (unpaired) electrons. The molecule has 6 heteroatoms. The van der Waals surface area contributed by atoms with Crippen LogP contribution in [-0.4, -0.2) is 43.6 Å². The molecule has 0 bridgehead atoms. The van der Waals surface area contributed by atoms with Crippen molar-refractivity contribution >= 4 is 29.9 Å². The maximum Gasteiger partial charge on any atom is 0.191 e. The topological polar surface area (TPSA) is 52.8 Å². The number of nitrogens with one attached hydrogen (secondary N) is 2. The molecular weight excluding hydrogens is 391 g/mol. The first-order valence-electron chi connectivity index (χ1n) is 8.11. The number of rotatable bonds is 5. The van der Waals surface area contributed by atoms with Crippen molar-refractivity contribution in [2.45, 2.75) is 44.2 Å². The SMILES string of the molecule is CN=C(NCC(c1ccco1)N1CCCC1)NC1CCC1.I. The van der Waals surface area contributed by atoms with Crippen LogP contribution in [0, 0.1) is 0 Å². The van der Waals surface area contributed by atoms with Crippen LogP contribution in [0.2, 0.25) is 0 Å². The molecule has 124 valence electrons. The van der Waals surface area contributed by atoms with E-state index in [2.05, 4.69) is 26.6 Å². The number of furan rings is 1. The molecule has 2 N–H and O–H groups in total. The number of hydrogen-bond acceptors (Lipinski definition) is 3. The van der Waals surface area contributed by atoms with Crippen molar-refractivity contribution < 1.29 is 4.42 Å². The van der Waals surface area contributed by atoms with Gasteiger partial charge in [0.2, 0.25) is 0 Å². The fraction of sp³-hybridized carbons (Fsp3) is 0.688. The lowest BCUT2D eigenvalue weighted by molar-refractivity contribution is 0.215. The molecule has 0 spiro atoms. The summed E-state index contributed by atoms with van der Waals surface area (Å²) >= 11 is 0. The first kappa shape index (κ1) is 17.6. The molecule has 1 saturated heterocycles. The summed E-state index contributed by atoms with van der Waals surface area (Å²) in [5.41, 5.74) is 0. The van der Waals surface area contributed by atoms with E-state index in [0.717, 1.165) is 31.4 Å². The highest BCUT2D eigenvalue weighted by Crippen LogP contribution is 2.25. The van der Waals surface area contributed by atoms with E-state index in [1.54, 1.807) is 6.26 Å². The van der Waals surface area contributed by atoms with E-state index in [1.165, 1.54) is 32.1 Å². The Labute approximate surface area is 149 Å². The third-order valence-electron chi connectivity index (χ3n) is 4.59. The third-order valence-corrected chi connectivity index (χ3v) is 4.59. The first-order chi connectivity index (χ1) is 10.4. The Kier molecular flexibility index (Phi) is 7.01. The fourth-order valence-corrected chi connectivity index (χ4v) is 3.08. The lowest BCUT2D eigenvalue weighted by atomic mass is 9.93. The largest absolute Gasteiger partial charge is 0.468 e. The number of nitrogens with zero attached hydrogens (tertiary/aromatic N) is 2. The van der Waals surface area contributed by atoms with Gasteiger partial charge in [0.05, 0.1) is 12.3 Å². The standard InChI is InChI=1S/C16H26N4O.HI/c1-17-16(19-13-6-4-7-13)18-12-14(15-8-5-11-21-15)20-9-2-3-10-20;/h5,8,11,13-14H,2-4,6-7,9-10,12H2,1H3,(H2,17,18,19);1H. The molecule has 1 atom stereocenters. The number of aliphatic imine (C=N–C) groups is 1. The Morgan fingerprint density at radius 1 is 1.36 bits per heavy atom.